The summed E-state index contributed by atoms with van der Waals surface area (Å²) in [5.41, 5.74) is 1.44. The molecule has 0 aromatic heterocycles. The second-order valence-electron chi connectivity index (χ2n) is 5.73. The van der Waals surface area contributed by atoms with E-state index in [1.54, 1.807) is 7.11 Å². The summed E-state index contributed by atoms with van der Waals surface area (Å²) in [5, 5.41) is 6.18. The van der Waals surface area contributed by atoms with Gasteiger partial charge in [0.15, 0.2) is 0 Å². The lowest BCUT2D eigenvalue weighted by molar-refractivity contribution is 0.383. The number of fused-ring (bicyclic) bond motifs is 1. The number of nitrogens with one attached hydrogen (secondary N) is 1. The van der Waals surface area contributed by atoms with Crippen LogP contribution in [-0.2, 0) is 6.42 Å². The van der Waals surface area contributed by atoms with E-state index in [9.17, 15) is 0 Å². The Kier molecular flexibility index (Phi) is 4.22. The van der Waals surface area contributed by atoms with Gasteiger partial charge in [0.05, 0.1) is 7.11 Å². The third kappa shape index (κ3) is 3.13. The SMILES string of the molecule is COc1ccc2cc(CCC3CCCCN3)ccc2c1. The zero-order valence-corrected chi connectivity index (χ0v) is 12.2. The Balaban J connectivity index is 1.69. The predicted octanol–water partition coefficient (Wildman–Crippen LogP) is 3.92. The van der Waals surface area contributed by atoms with Crippen LogP contribution in [0, 0.1) is 0 Å². The molecule has 0 radical (unpaired) electrons. The second kappa shape index (κ2) is 6.27. The van der Waals surface area contributed by atoms with Gasteiger partial charge in [-0.1, -0.05) is 30.7 Å². The smallest absolute Gasteiger partial charge is 0.119 e. The maximum absolute atomic E-state index is 5.27. The van der Waals surface area contributed by atoms with Crippen molar-refractivity contribution in [1.82, 2.24) is 5.32 Å². The molecule has 2 aromatic carbocycles. The van der Waals surface area contributed by atoms with E-state index in [1.807, 2.05) is 6.07 Å². The average Bonchev–Trinajstić information content (AvgIpc) is 2.53. The summed E-state index contributed by atoms with van der Waals surface area (Å²) in [7, 11) is 1.71. The summed E-state index contributed by atoms with van der Waals surface area (Å²) in [6, 6.07) is 13.8. The first kappa shape index (κ1) is 13.4. The Morgan fingerprint density at radius 1 is 1.10 bits per heavy atom. The third-order valence-corrected chi connectivity index (χ3v) is 4.31. The van der Waals surface area contributed by atoms with Crippen molar-refractivity contribution in [2.75, 3.05) is 13.7 Å². The first-order valence-electron chi connectivity index (χ1n) is 7.65. The van der Waals surface area contributed by atoms with Gasteiger partial charge >= 0.3 is 0 Å². The lowest BCUT2D eigenvalue weighted by Crippen LogP contribution is -2.34. The summed E-state index contributed by atoms with van der Waals surface area (Å²) in [6.07, 6.45) is 6.48. The molecule has 0 aliphatic carbocycles. The summed E-state index contributed by atoms with van der Waals surface area (Å²) in [4.78, 5) is 0. The Bertz CT molecular complexity index is 573. The largest absolute Gasteiger partial charge is 0.497 e. The number of benzene rings is 2. The van der Waals surface area contributed by atoms with Crippen LogP contribution >= 0.6 is 0 Å². The molecule has 1 aliphatic rings. The van der Waals surface area contributed by atoms with Crippen LogP contribution in [0.15, 0.2) is 36.4 Å². The fourth-order valence-corrected chi connectivity index (χ4v) is 3.07. The highest BCUT2D eigenvalue weighted by atomic mass is 16.5. The number of piperidine rings is 1. The first-order valence-corrected chi connectivity index (χ1v) is 7.65. The van der Waals surface area contributed by atoms with Crippen molar-refractivity contribution in [3.63, 3.8) is 0 Å². The van der Waals surface area contributed by atoms with E-state index in [1.165, 1.54) is 55.0 Å². The molecule has 1 saturated heterocycles. The molecule has 2 heteroatoms. The molecule has 1 heterocycles. The molecule has 0 spiro atoms. The van der Waals surface area contributed by atoms with E-state index < -0.39 is 0 Å². The van der Waals surface area contributed by atoms with Crippen molar-refractivity contribution in [2.45, 2.75) is 38.1 Å². The van der Waals surface area contributed by atoms with Gasteiger partial charge in [0.25, 0.3) is 0 Å². The van der Waals surface area contributed by atoms with Gasteiger partial charge in [-0.15, -0.1) is 0 Å². The molecule has 1 N–H and O–H groups in total. The van der Waals surface area contributed by atoms with Crippen LogP contribution in [-0.4, -0.2) is 19.7 Å². The van der Waals surface area contributed by atoms with Crippen LogP contribution in [0.3, 0.4) is 0 Å². The van der Waals surface area contributed by atoms with Crippen molar-refractivity contribution in [1.29, 1.82) is 0 Å². The summed E-state index contributed by atoms with van der Waals surface area (Å²) >= 11 is 0. The zero-order chi connectivity index (χ0) is 13.8. The van der Waals surface area contributed by atoms with Gasteiger partial charge in [-0.2, -0.15) is 0 Å². The molecule has 0 saturated carbocycles. The minimum absolute atomic E-state index is 0.718. The first-order chi connectivity index (χ1) is 9.85. The van der Waals surface area contributed by atoms with Crippen LogP contribution in [0.1, 0.15) is 31.2 Å². The summed E-state index contributed by atoms with van der Waals surface area (Å²) in [6.45, 7) is 1.20. The molecule has 2 nitrogen and oxygen atoms in total. The van der Waals surface area contributed by atoms with E-state index in [0.29, 0.717) is 0 Å². The van der Waals surface area contributed by atoms with Gasteiger partial charge in [-0.25, -0.2) is 0 Å². The standard InChI is InChI=1S/C18H23NO/c1-20-18-10-8-15-12-14(5-7-16(15)13-18)6-9-17-4-2-3-11-19-17/h5,7-8,10,12-13,17,19H,2-4,6,9,11H2,1H3. The van der Waals surface area contributed by atoms with Gasteiger partial charge in [-0.3, -0.25) is 0 Å². The van der Waals surface area contributed by atoms with Crippen LogP contribution in [0.25, 0.3) is 10.8 Å². The Labute approximate surface area is 121 Å². The van der Waals surface area contributed by atoms with E-state index in [-0.39, 0.29) is 0 Å². The number of hydrogen-bond acceptors (Lipinski definition) is 2. The molecule has 20 heavy (non-hydrogen) atoms. The molecular weight excluding hydrogens is 246 g/mol. The van der Waals surface area contributed by atoms with E-state index in [4.69, 9.17) is 4.74 Å². The third-order valence-electron chi connectivity index (χ3n) is 4.31. The lowest BCUT2D eigenvalue weighted by atomic mass is 9.97. The quantitative estimate of drug-likeness (QED) is 0.908. The lowest BCUT2D eigenvalue weighted by Gasteiger charge is -2.23. The number of methoxy groups -OCH3 is 1. The summed E-state index contributed by atoms with van der Waals surface area (Å²) < 4.78 is 5.27. The normalized spacial score (nSPS) is 19.1. The minimum Gasteiger partial charge on any atom is -0.497 e. The van der Waals surface area contributed by atoms with E-state index in [0.717, 1.165) is 11.8 Å². The Morgan fingerprint density at radius 3 is 2.75 bits per heavy atom. The maximum Gasteiger partial charge on any atom is 0.119 e. The van der Waals surface area contributed by atoms with Crippen LogP contribution in [0.4, 0.5) is 0 Å². The van der Waals surface area contributed by atoms with Gasteiger partial charge in [0.2, 0.25) is 0 Å². The minimum atomic E-state index is 0.718. The van der Waals surface area contributed by atoms with Crippen molar-refractivity contribution in [2.24, 2.45) is 0 Å². The molecule has 1 fully saturated rings. The number of rotatable bonds is 4. The van der Waals surface area contributed by atoms with Gasteiger partial charge in [-0.05, 0) is 60.7 Å². The van der Waals surface area contributed by atoms with Crippen molar-refractivity contribution in [3.8, 4) is 5.75 Å². The highest BCUT2D eigenvalue weighted by Crippen LogP contribution is 2.23. The molecule has 106 valence electrons. The van der Waals surface area contributed by atoms with Crippen molar-refractivity contribution >= 4 is 10.8 Å². The Hall–Kier alpha value is -1.54. The zero-order valence-electron chi connectivity index (χ0n) is 12.2. The van der Waals surface area contributed by atoms with Crippen molar-refractivity contribution < 1.29 is 4.74 Å². The topological polar surface area (TPSA) is 21.3 Å². The monoisotopic (exact) mass is 269 g/mol. The molecule has 1 atom stereocenters. The number of hydrogen-bond donors (Lipinski definition) is 1. The van der Waals surface area contributed by atoms with Gasteiger partial charge in [0, 0.05) is 6.04 Å². The second-order valence-corrected chi connectivity index (χ2v) is 5.73. The molecule has 1 unspecified atom stereocenters. The predicted molar refractivity (Wildman–Crippen MR) is 84.5 cm³/mol. The van der Waals surface area contributed by atoms with Crippen LogP contribution in [0.5, 0.6) is 5.75 Å². The van der Waals surface area contributed by atoms with Crippen LogP contribution in [0.2, 0.25) is 0 Å². The number of ether oxygens (including phenoxy) is 1. The van der Waals surface area contributed by atoms with E-state index >= 15 is 0 Å². The number of aryl methyl sites for hydroxylation is 1. The summed E-state index contributed by atoms with van der Waals surface area (Å²) in [5.74, 6) is 0.927. The highest BCUT2D eigenvalue weighted by molar-refractivity contribution is 5.84. The average molecular weight is 269 g/mol. The fourth-order valence-electron chi connectivity index (χ4n) is 3.07. The molecule has 0 bridgehead atoms. The van der Waals surface area contributed by atoms with E-state index in [2.05, 4.69) is 35.6 Å². The van der Waals surface area contributed by atoms with Gasteiger partial charge in [0.1, 0.15) is 5.75 Å². The highest BCUT2D eigenvalue weighted by Gasteiger charge is 2.12. The maximum atomic E-state index is 5.27. The molecule has 0 amide bonds. The molecule has 3 rings (SSSR count). The van der Waals surface area contributed by atoms with Crippen LogP contribution < -0.4 is 10.1 Å². The van der Waals surface area contributed by atoms with Crippen molar-refractivity contribution in [3.05, 3.63) is 42.0 Å². The Morgan fingerprint density at radius 2 is 1.95 bits per heavy atom. The van der Waals surface area contributed by atoms with Gasteiger partial charge < -0.3 is 10.1 Å². The molecular formula is C18H23NO. The fraction of sp³-hybridized carbons (Fsp3) is 0.444. The molecule has 2 aromatic rings. The molecule has 1 aliphatic heterocycles.